The van der Waals surface area contributed by atoms with Crippen molar-refractivity contribution in [3.63, 3.8) is 0 Å². The average molecular weight is 312 g/mol. The normalized spacial score (nSPS) is 13.5. The summed E-state index contributed by atoms with van der Waals surface area (Å²) in [6.07, 6.45) is 17.9. The van der Waals surface area contributed by atoms with Crippen molar-refractivity contribution in [2.24, 2.45) is 5.92 Å². The van der Waals surface area contributed by atoms with E-state index in [1.54, 1.807) is 0 Å². The first-order valence-corrected chi connectivity index (χ1v) is 10.3. The van der Waals surface area contributed by atoms with Crippen molar-refractivity contribution in [2.75, 3.05) is 0 Å². The van der Waals surface area contributed by atoms with Crippen molar-refractivity contribution in [3.05, 3.63) is 0 Å². The van der Waals surface area contributed by atoms with Crippen molar-refractivity contribution >= 4 is 0 Å². The van der Waals surface area contributed by atoms with Crippen LogP contribution in [-0.2, 0) is 5.11 Å². The van der Waals surface area contributed by atoms with E-state index in [4.69, 9.17) is 0 Å². The molecule has 1 unspecified atom stereocenters. The molecule has 133 valence electrons. The van der Waals surface area contributed by atoms with Crippen LogP contribution in [0.25, 0.3) is 0 Å². The average Bonchev–Trinajstić information content (AvgIpc) is 2.53. The van der Waals surface area contributed by atoms with Gasteiger partial charge in [0.15, 0.2) is 0 Å². The zero-order valence-corrected chi connectivity index (χ0v) is 16.1. The van der Waals surface area contributed by atoms with Gasteiger partial charge in [0.25, 0.3) is 0 Å². The zero-order valence-electron chi connectivity index (χ0n) is 16.1. The molecule has 0 aliphatic heterocycles. The van der Waals surface area contributed by atoms with Gasteiger partial charge in [0.05, 0.1) is 0 Å². The molecule has 0 saturated carbocycles. The summed E-state index contributed by atoms with van der Waals surface area (Å²) in [6, 6.07) is 0. The molecule has 1 heteroatoms. The molecule has 0 aromatic heterocycles. The van der Waals surface area contributed by atoms with Gasteiger partial charge in [-0.2, -0.15) is 0 Å². The lowest BCUT2D eigenvalue weighted by molar-refractivity contribution is -0.0990. The second-order valence-corrected chi connectivity index (χ2v) is 7.31. The standard InChI is InChI=1S/C21H43O/c1-5-9-12-13-14-15-17-20(16-8-4)21(22,18-10-6-2)19-11-7-3/h20H,5-19H2,1-4H3. The molecule has 0 aliphatic rings. The fraction of sp³-hybridized carbons (Fsp3) is 1.00. The van der Waals surface area contributed by atoms with Crippen molar-refractivity contribution in [1.29, 1.82) is 0 Å². The summed E-state index contributed by atoms with van der Waals surface area (Å²) in [6.45, 7) is 8.93. The lowest BCUT2D eigenvalue weighted by Gasteiger charge is -2.35. The van der Waals surface area contributed by atoms with Crippen LogP contribution in [0.2, 0.25) is 0 Å². The number of hydrogen-bond donors (Lipinski definition) is 0. The monoisotopic (exact) mass is 311 g/mol. The van der Waals surface area contributed by atoms with Gasteiger partial charge >= 0.3 is 0 Å². The van der Waals surface area contributed by atoms with Crippen LogP contribution in [0.5, 0.6) is 0 Å². The van der Waals surface area contributed by atoms with Crippen molar-refractivity contribution in [3.8, 4) is 0 Å². The molecule has 0 aliphatic carbocycles. The summed E-state index contributed by atoms with van der Waals surface area (Å²) in [5.41, 5.74) is -0.633. The van der Waals surface area contributed by atoms with Gasteiger partial charge in [0, 0.05) is 0 Å². The quantitative estimate of drug-likeness (QED) is 0.260. The predicted octanol–water partition coefficient (Wildman–Crippen LogP) is 7.70. The molecule has 0 N–H and O–H groups in total. The van der Waals surface area contributed by atoms with E-state index in [1.165, 1.54) is 51.4 Å². The van der Waals surface area contributed by atoms with Crippen LogP contribution in [-0.4, -0.2) is 5.60 Å². The molecule has 0 spiro atoms. The minimum atomic E-state index is -0.633. The van der Waals surface area contributed by atoms with Crippen molar-refractivity contribution < 1.29 is 5.11 Å². The first-order valence-electron chi connectivity index (χ1n) is 10.3. The Morgan fingerprint density at radius 1 is 0.591 bits per heavy atom. The Hall–Kier alpha value is -0.0400. The molecule has 1 atom stereocenters. The van der Waals surface area contributed by atoms with E-state index >= 15 is 0 Å². The molecular weight excluding hydrogens is 268 g/mol. The van der Waals surface area contributed by atoms with Gasteiger partial charge in [-0.15, -0.1) is 0 Å². The Morgan fingerprint density at radius 2 is 1.09 bits per heavy atom. The van der Waals surface area contributed by atoms with Crippen molar-refractivity contribution in [1.82, 2.24) is 0 Å². The zero-order chi connectivity index (χ0) is 16.7. The van der Waals surface area contributed by atoms with Crippen LogP contribution in [0.1, 0.15) is 124 Å². The van der Waals surface area contributed by atoms with Crippen LogP contribution in [0.3, 0.4) is 0 Å². The Kier molecular flexibility index (Phi) is 14.5. The Balaban J connectivity index is 4.40. The summed E-state index contributed by atoms with van der Waals surface area (Å²) < 4.78 is 0. The minimum absolute atomic E-state index is 0.418. The molecular formula is C21H43O. The molecule has 0 heterocycles. The second kappa shape index (κ2) is 14.5. The molecule has 0 aromatic carbocycles. The SMILES string of the molecule is CCCCCCCCC(CCC)C([O])(CCCC)CCCC. The van der Waals surface area contributed by atoms with E-state index < -0.39 is 5.60 Å². The first-order chi connectivity index (χ1) is 10.6. The molecule has 0 amide bonds. The molecule has 1 nitrogen and oxygen atoms in total. The van der Waals surface area contributed by atoms with E-state index in [-0.39, 0.29) is 0 Å². The van der Waals surface area contributed by atoms with Gasteiger partial charge in [-0.25, -0.2) is 5.11 Å². The fourth-order valence-electron chi connectivity index (χ4n) is 3.68. The van der Waals surface area contributed by atoms with Gasteiger partial charge in [-0.05, 0) is 31.6 Å². The number of hydrogen-bond acceptors (Lipinski definition) is 0. The second-order valence-electron chi connectivity index (χ2n) is 7.31. The minimum Gasteiger partial charge on any atom is -0.229 e. The first kappa shape index (κ1) is 22.0. The maximum Gasteiger partial charge on any atom is 0.106 e. The van der Waals surface area contributed by atoms with Crippen LogP contribution in [0.4, 0.5) is 0 Å². The summed E-state index contributed by atoms with van der Waals surface area (Å²) in [5, 5.41) is 13.5. The lowest BCUT2D eigenvalue weighted by Crippen LogP contribution is -2.36. The van der Waals surface area contributed by atoms with Crippen LogP contribution in [0, 0.1) is 5.92 Å². The Morgan fingerprint density at radius 3 is 1.59 bits per heavy atom. The summed E-state index contributed by atoms with van der Waals surface area (Å²) in [7, 11) is 0. The van der Waals surface area contributed by atoms with E-state index in [0.717, 1.165) is 44.9 Å². The van der Waals surface area contributed by atoms with E-state index in [9.17, 15) is 5.11 Å². The third-order valence-electron chi connectivity index (χ3n) is 5.19. The highest BCUT2D eigenvalue weighted by Crippen LogP contribution is 2.36. The van der Waals surface area contributed by atoms with Gasteiger partial charge in [-0.3, -0.25) is 0 Å². The lowest BCUT2D eigenvalue weighted by atomic mass is 9.75. The number of unbranched alkanes of at least 4 members (excludes halogenated alkanes) is 7. The summed E-state index contributed by atoms with van der Waals surface area (Å²) >= 11 is 0. The van der Waals surface area contributed by atoms with E-state index in [0.29, 0.717) is 5.92 Å². The topological polar surface area (TPSA) is 19.9 Å². The van der Waals surface area contributed by atoms with E-state index in [2.05, 4.69) is 27.7 Å². The van der Waals surface area contributed by atoms with Gasteiger partial charge in [-0.1, -0.05) is 98.3 Å². The van der Waals surface area contributed by atoms with Gasteiger partial charge < -0.3 is 0 Å². The van der Waals surface area contributed by atoms with Crippen LogP contribution in [0.15, 0.2) is 0 Å². The van der Waals surface area contributed by atoms with Gasteiger partial charge in [0.2, 0.25) is 0 Å². The fourth-order valence-corrected chi connectivity index (χ4v) is 3.68. The van der Waals surface area contributed by atoms with E-state index in [1.807, 2.05) is 0 Å². The van der Waals surface area contributed by atoms with Gasteiger partial charge in [0.1, 0.15) is 5.60 Å². The van der Waals surface area contributed by atoms with Crippen LogP contribution >= 0.6 is 0 Å². The largest absolute Gasteiger partial charge is 0.229 e. The number of rotatable bonds is 16. The molecule has 0 fully saturated rings. The predicted molar refractivity (Wildman–Crippen MR) is 98.9 cm³/mol. The maximum absolute atomic E-state index is 13.5. The summed E-state index contributed by atoms with van der Waals surface area (Å²) in [4.78, 5) is 0. The highest BCUT2D eigenvalue weighted by Gasteiger charge is 2.36. The Labute approximate surface area is 141 Å². The highest BCUT2D eigenvalue weighted by molar-refractivity contribution is 4.86. The third kappa shape index (κ3) is 9.87. The summed E-state index contributed by atoms with van der Waals surface area (Å²) in [5.74, 6) is 0.418. The van der Waals surface area contributed by atoms with Crippen molar-refractivity contribution in [2.45, 2.75) is 130 Å². The molecule has 0 aromatic rings. The molecule has 22 heavy (non-hydrogen) atoms. The highest BCUT2D eigenvalue weighted by atomic mass is 16.3. The smallest absolute Gasteiger partial charge is 0.106 e. The third-order valence-corrected chi connectivity index (χ3v) is 5.19. The molecule has 0 saturated heterocycles. The molecule has 1 radical (unpaired) electrons. The molecule has 0 rings (SSSR count). The van der Waals surface area contributed by atoms with Crippen LogP contribution < -0.4 is 0 Å². The maximum atomic E-state index is 13.5. The molecule has 0 bridgehead atoms. The Bertz CT molecular complexity index is 216.